The van der Waals surface area contributed by atoms with Gasteiger partial charge in [-0.05, 0) is 32.4 Å². The van der Waals surface area contributed by atoms with E-state index in [1.54, 1.807) is 0 Å². The van der Waals surface area contributed by atoms with Crippen molar-refractivity contribution in [1.29, 1.82) is 0 Å². The third-order valence-electron chi connectivity index (χ3n) is 4.86. The number of hydrogen-bond acceptors (Lipinski definition) is 4. The van der Waals surface area contributed by atoms with Crippen LogP contribution in [0.1, 0.15) is 44.0 Å². The highest BCUT2D eigenvalue weighted by Crippen LogP contribution is 2.31. The molecule has 1 aliphatic rings. The van der Waals surface area contributed by atoms with Crippen LogP contribution in [0.25, 0.3) is 10.2 Å². The lowest BCUT2D eigenvalue weighted by molar-refractivity contribution is -0.897. The Labute approximate surface area is 159 Å². The molecule has 1 amide bonds. The highest BCUT2D eigenvalue weighted by Gasteiger charge is 2.26. The minimum atomic E-state index is 0.156. The Morgan fingerprint density at radius 3 is 2.85 bits per heavy atom. The number of likely N-dealkylation sites (tertiary alicyclic amines) is 1. The second-order valence-electron chi connectivity index (χ2n) is 7.34. The van der Waals surface area contributed by atoms with Crippen LogP contribution >= 0.6 is 11.3 Å². The van der Waals surface area contributed by atoms with Gasteiger partial charge in [-0.25, -0.2) is 4.98 Å². The summed E-state index contributed by atoms with van der Waals surface area (Å²) in [5.41, 5.74) is 1.11. The van der Waals surface area contributed by atoms with Gasteiger partial charge < -0.3 is 15.0 Å². The molecule has 2 N–H and O–H groups in total. The zero-order valence-electron chi connectivity index (χ0n) is 15.8. The monoisotopic (exact) mass is 376 g/mol. The summed E-state index contributed by atoms with van der Waals surface area (Å²) in [7, 11) is 0. The smallest absolute Gasteiger partial charge is 0.275 e. The minimum absolute atomic E-state index is 0.156. The van der Waals surface area contributed by atoms with Gasteiger partial charge in [-0.15, -0.1) is 11.3 Å². The highest BCUT2D eigenvalue weighted by atomic mass is 32.1. The fraction of sp³-hybridized carbons (Fsp3) is 0.600. The van der Waals surface area contributed by atoms with Crippen molar-refractivity contribution < 1.29 is 14.4 Å². The molecule has 0 bridgehead atoms. The number of hydrogen-bond donors (Lipinski definition) is 2. The molecule has 2 aromatic rings. The first kappa shape index (κ1) is 19.3. The number of carbonyl (C=O) groups excluding carboxylic acids is 1. The van der Waals surface area contributed by atoms with E-state index in [1.807, 2.05) is 31.3 Å². The van der Waals surface area contributed by atoms with Crippen molar-refractivity contribution in [2.75, 3.05) is 32.8 Å². The van der Waals surface area contributed by atoms with Crippen LogP contribution in [0.5, 0.6) is 0 Å². The zero-order chi connectivity index (χ0) is 18.4. The predicted octanol–water partition coefficient (Wildman–Crippen LogP) is 1.99. The van der Waals surface area contributed by atoms with Gasteiger partial charge in [0, 0.05) is 31.9 Å². The van der Waals surface area contributed by atoms with E-state index in [2.05, 4.69) is 23.5 Å². The van der Waals surface area contributed by atoms with E-state index in [1.165, 1.54) is 14.6 Å². The molecule has 0 radical (unpaired) electrons. The van der Waals surface area contributed by atoms with Crippen molar-refractivity contribution in [3.8, 4) is 0 Å². The average molecular weight is 377 g/mol. The molecular formula is C20H30N3O2S+. The van der Waals surface area contributed by atoms with Gasteiger partial charge in [0.2, 0.25) is 0 Å². The summed E-state index contributed by atoms with van der Waals surface area (Å²) in [4.78, 5) is 18.3. The number of nitrogens with zero attached hydrogens (tertiary/aromatic N) is 1. The molecular weight excluding hydrogens is 346 g/mol. The van der Waals surface area contributed by atoms with Gasteiger partial charge in [0.15, 0.2) is 6.54 Å². The first-order valence-electron chi connectivity index (χ1n) is 9.69. The number of amides is 1. The SMILES string of the molecule is CC(C)OCCCNC(=O)C[NH+]1CCC(c2nc3ccccc3s2)CC1. The number of nitrogens with one attached hydrogen (secondary N) is 2. The first-order valence-corrected chi connectivity index (χ1v) is 10.5. The van der Waals surface area contributed by atoms with E-state index in [-0.39, 0.29) is 12.0 Å². The fourth-order valence-corrected chi connectivity index (χ4v) is 4.56. The zero-order valence-corrected chi connectivity index (χ0v) is 16.6. The fourth-order valence-electron chi connectivity index (χ4n) is 3.42. The summed E-state index contributed by atoms with van der Waals surface area (Å²) in [5.74, 6) is 0.704. The number of quaternary nitrogens is 1. The highest BCUT2D eigenvalue weighted by molar-refractivity contribution is 7.18. The van der Waals surface area contributed by atoms with Crippen molar-refractivity contribution >= 4 is 27.5 Å². The number of piperidine rings is 1. The third-order valence-corrected chi connectivity index (χ3v) is 6.06. The Morgan fingerprint density at radius 2 is 2.12 bits per heavy atom. The Balaban J connectivity index is 1.37. The van der Waals surface area contributed by atoms with Crippen LogP contribution in [0.15, 0.2) is 24.3 Å². The molecule has 0 saturated carbocycles. The van der Waals surface area contributed by atoms with Gasteiger partial charge in [-0.1, -0.05) is 12.1 Å². The largest absolute Gasteiger partial charge is 0.379 e. The van der Waals surface area contributed by atoms with E-state index in [4.69, 9.17) is 9.72 Å². The van der Waals surface area contributed by atoms with Crippen LogP contribution in [-0.2, 0) is 9.53 Å². The summed E-state index contributed by atoms with van der Waals surface area (Å²) in [6, 6.07) is 8.36. The van der Waals surface area contributed by atoms with Crippen molar-refractivity contribution in [1.82, 2.24) is 10.3 Å². The molecule has 1 aromatic carbocycles. The summed E-state index contributed by atoms with van der Waals surface area (Å²) in [6.45, 7) is 8.14. The molecule has 1 fully saturated rings. The van der Waals surface area contributed by atoms with E-state index in [9.17, 15) is 4.79 Å². The summed E-state index contributed by atoms with van der Waals surface area (Å²) >= 11 is 1.83. The van der Waals surface area contributed by atoms with Gasteiger partial charge >= 0.3 is 0 Å². The lowest BCUT2D eigenvalue weighted by Gasteiger charge is -2.27. The second-order valence-corrected chi connectivity index (χ2v) is 8.41. The lowest BCUT2D eigenvalue weighted by Crippen LogP contribution is -3.14. The molecule has 0 unspecified atom stereocenters. The van der Waals surface area contributed by atoms with Crippen molar-refractivity contribution in [2.24, 2.45) is 0 Å². The molecule has 0 aliphatic carbocycles. The third kappa shape index (κ3) is 5.50. The summed E-state index contributed by atoms with van der Waals surface area (Å²) < 4.78 is 6.76. The maximum absolute atomic E-state index is 12.1. The van der Waals surface area contributed by atoms with Gasteiger partial charge in [0.05, 0.1) is 34.4 Å². The molecule has 3 rings (SSSR count). The maximum Gasteiger partial charge on any atom is 0.275 e. The number of thiazole rings is 1. The van der Waals surface area contributed by atoms with E-state index in [0.717, 1.165) is 37.9 Å². The second kappa shape index (κ2) is 9.44. The summed E-state index contributed by atoms with van der Waals surface area (Å²) in [5, 5.41) is 4.28. The van der Waals surface area contributed by atoms with Crippen LogP contribution in [-0.4, -0.2) is 49.8 Å². The molecule has 142 valence electrons. The van der Waals surface area contributed by atoms with Crippen molar-refractivity contribution in [3.63, 3.8) is 0 Å². The molecule has 1 saturated heterocycles. The van der Waals surface area contributed by atoms with Gasteiger partial charge in [0.25, 0.3) is 5.91 Å². The number of fused-ring (bicyclic) bond motifs is 1. The minimum Gasteiger partial charge on any atom is -0.379 e. The Kier molecular flexibility index (Phi) is 7.00. The molecule has 5 nitrogen and oxygen atoms in total. The van der Waals surface area contributed by atoms with Crippen LogP contribution in [0.3, 0.4) is 0 Å². The quantitative estimate of drug-likeness (QED) is 0.693. The van der Waals surface area contributed by atoms with E-state index in [0.29, 0.717) is 25.6 Å². The number of aromatic nitrogens is 1. The van der Waals surface area contributed by atoms with Gasteiger partial charge in [-0.3, -0.25) is 4.79 Å². The van der Waals surface area contributed by atoms with Crippen molar-refractivity contribution in [2.45, 2.75) is 45.1 Å². The van der Waals surface area contributed by atoms with Gasteiger partial charge in [0.1, 0.15) is 0 Å². The first-order chi connectivity index (χ1) is 12.6. The van der Waals surface area contributed by atoms with E-state index < -0.39 is 0 Å². The summed E-state index contributed by atoms with van der Waals surface area (Å²) in [6.07, 6.45) is 3.36. The molecule has 6 heteroatoms. The Morgan fingerprint density at radius 1 is 1.35 bits per heavy atom. The van der Waals surface area contributed by atoms with Gasteiger partial charge in [-0.2, -0.15) is 0 Å². The molecule has 0 spiro atoms. The number of para-hydroxylation sites is 1. The normalized spacial score (nSPS) is 20.6. The van der Waals surface area contributed by atoms with Crippen LogP contribution < -0.4 is 10.2 Å². The van der Waals surface area contributed by atoms with Crippen LogP contribution in [0.2, 0.25) is 0 Å². The van der Waals surface area contributed by atoms with Crippen molar-refractivity contribution in [3.05, 3.63) is 29.3 Å². The van der Waals surface area contributed by atoms with Crippen LogP contribution in [0, 0.1) is 0 Å². The predicted molar refractivity (Wildman–Crippen MR) is 106 cm³/mol. The average Bonchev–Trinajstić information content (AvgIpc) is 3.06. The number of rotatable bonds is 8. The molecule has 26 heavy (non-hydrogen) atoms. The number of benzene rings is 1. The molecule has 1 aromatic heterocycles. The number of ether oxygens (including phenoxy) is 1. The maximum atomic E-state index is 12.1. The topological polar surface area (TPSA) is 55.7 Å². The number of carbonyl (C=O) groups is 1. The molecule has 2 heterocycles. The molecule has 0 atom stereocenters. The van der Waals surface area contributed by atoms with Crippen LogP contribution in [0.4, 0.5) is 0 Å². The Hall–Kier alpha value is -1.50. The molecule has 1 aliphatic heterocycles. The standard InChI is InChI=1S/C20H29N3O2S/c1-15(2)25-13-5-10-21-19(24)14-23-11-8-16(9-12-23)20-22-17-6-3-4-7-18(17)26-20/h3-4,6-7,15-16H,5,8-14H2,1-2H3,(H,21,24)/p+1. The Bertz CT molecular complexity index is 675. The van der Waals surface area contributed by atoms with E-state index >= 15 is 0 Å². The lowest BCUT2D eigenvalue weighted by atomic mass is 9.97.